The van der Waals surface area contributed by atoms with Gasteiger partial charge in [-0.2, -0.15) is 0 Å². The van der Waals surface area contributed by atoms with E-state index in [-0.39, 0.29) is 0 Å². The van der Waals surface area contributed by atoms with Crippen molar-refractivity contribution in [2.75, 3.05) is 13.1 Å². The van der Waals surface area contributed by atoms with Crippen LogP contribution in [0.2, 0.25) is 10.0 Å². The van der Waals surface area contributed by atoms with E-state index in [2.05, 4.69) is 5.87 Å². The summed E-state index contributed by atoms with van der Waals surface area (Å²) in [5.41, 5.74) is 0. The Bertz CT molecular complexity index is 472. The van der Waals surface area contributed by atoms with Crippen molar-refractivity contribution >= 4 is 38.8 Å². The minimum atomic E-state index is -2.42. The van der Waals surface area contributed by atoms with E-state index in [0.717, 1.165) is 25.9 Å². The second-order valence-corrected chi connectivity index (χ2v) is 7.02. The predicted molar refractivity (Wildman–Crippen MR) is 70.8 cm³/mol. The van der Waals surface area contributed by atoms with Crippen LogP contribution in [0.1, 0.15) is 12.8 Å². The first-order chi connectivity index (χ1) is 7.50. The summed E-state index contributed by atoms with van der Waals surface area (Å²) >= 11 is 11.8. The molecule has 88 valence electrons. The molecule has 5 heteroatoms. The lowest BCUT2D eigenvalue weighted by molar-refractivity contribution is 0.533. The molecule has 1 heterocycles. The summed E-state index contributed by atoms with van der Waals surface area (Å²) in [5.74, 6) is 3.84. The van der Waals surface area contributed by atoms with Crippen LogP contribution in [0.15, 0.2) is 23.1 Å². The zero-order chi connectivity index (χ0) is 11.8. The van der Waals surface area contributed by atoms with Crippen molar-refractivity contribution in [1.82, 2.24) is 4.31 Å². The molecule has 1 saturated heterocycles. The first kappa shape index (κ1) is 12.2. The number of hydrogen-bond donors (Lipinski definition) is 0. The van der Waals surface area contributed by atoms with Crippen LogP contribution in [0, 0.1) is 0 Å². The molecule has 1 aliphatic heterocycles. The van der Waals surface area contributed by atoms with Gasteiger partial charge in [0.25, 0.3) is 0 Å². The first-order valence-electron chi connectivity index (χ1n) is 5.08. The number of hydrogen-bond acceptors (Lipinski definition) is 1. The molecule has 1 fully saturated rings. The van der Waals surface area contributed by atoms with Crippen LogP contribution in [0.25, 0.3) is 0 Å². The molecule has 1 aromatic rings. The first-order valence-corrected chi connectivity index (χ1v) is 7.52. The van der Waals surface area contributed by atoms with Gasteiger partial charge < -0.3 is 0 Å². The van der Waals surface area contributed by atoms with Crippen molar-refractivity contribution in [3.8, 4) is 0 Å². The highest BCUT2D eigenvalue weighted by molar-refractivity contribution is 7.98. The third kappa shape index (κ3) is 2.38. The maximum Gasteiger partial charge on any atom is 0.0559 e. The van der Waals surface area contributed by atoms with Crippen LogP contribution < -0.4 is 0 Å². The minimum Gasteiger partial charge on any atom is -0.248 e. The van der Waals surface area contributed by atoms with E-state index in [1.54, 1.807) is 18.2 Å². The molecule has 2 rings (SSSR count). The van der Waals surface area contributed by atoms with Gasteiger partial charge in [0.05, 0.1) is 9.71 Å². The molecule has 1 atom stereocenters. The summed E-state index contributed by atoms with van der Waals surface area (Å²) in [5, 5.41) is 0.996. The van der Waals surface area contributed by atoms with Gasteiger partial charge >= 0.3 is 0 Å². The molecule has 0 amide bonds. The van der Waals surface area contributed by atoms with Crippen LogP contribution >= 0.6 is 23.2 Å². The van der Waals surface area contributed by atoms with Gasteiger partial charge in [-0.15, -0.1) is 0 Å². The van der Waals surface area contributed by atoms with Crippen molar-refractivity contribution in [2.24, 2.45) is 0 Å². The summed E-state index contributed by atoms with van der Waals surface area (Å²) in [6.07, 6.45) is 2.14. The van der Waals surface area contributed by atoms with Gasteiger partial charge in [0, 0.05) is 28.0 Å². The van der Waals surface area contributed by atoms with E-state index in [4.69, 9.17) is 23.2 Å². The number of rotatable bonds is 2. The Labute approximate surface area is 106 Å². The Kier molecular flexibility index (Phi) is 3.50. The molecule has 1 aliphatic rings. The SMILES string of the molecule is C=S(=O)(c1cc(Cl)cc(Cl)c1)N1CCCC1. The lowest BCUT2D eigenvalue weighted by atomic mass is 10.4. The zero-order valence-electron chi connectivity index (χ0n) is 8.79. The molecular formula is C11H13Cl2NOS. The fraction of sp³-hybridized carbons (Fsp3) is 0.364. The van der Waals surface area contributed by atoms with Crippen molar-refractivity contribution < 1.29 is 4.21 Å². The lowest BCUT2D eigenvalue weighted by Crippen LogP contribution is -2.27. The molecule has 0 saturated carbocycles. The third-order valence-corrected chi connectivity index (χ3v) is 5.29. The van der Waals surface area contributed by atoms with E-state index in [0.29, 0.717) is 14.9 Å². The van der Waals surface area contributed by atoms with E-state index in [9.17, 15) is 4.21 Å². The molecule has 0 aromatic heterocycles. The van der Waals surface area contributed by atoms with Crippen molar-refractivity contribution in [3.05, 3.63) is 28.2 Å². The Balaban J connectivity index is 2.42. The number of halogens is 2. The minimum absolute atomic E-state index is 0.498. The van der Waals surface area contributed by atoms with Crippen LogP contribution in [0.3, 0.4) is 0 Å². The molecule has 0 N–H and O–H groups in total. The molecule has 0 bridgehead atoms. The average Bonchev–Trinajstić information content (AvgIpc) is 2.69. The maximum atomic E-state index is 12.6. The van der Waals surface area contributed by atoms with Crippen LogP contribution in [0.4, 0.5) is 0 Å². The molecule has 1 unspecified atom stereocenters. The molecule has 16 heavy (non-hydrogen) atoms. The topological polar surface area (TPSA) is 20.3 Å². The third-order valence-electron chi connectivity index (χ3n) is 2.69. The van der Waals surface area contributed by atoms with Gasteiger partial charge in [-0.05, 0) is 36.9 Å². The predicted octanol–water partition coefficient (Wildman–Crippen LogP) is 3.08. The van der Waals surface area contributed by atoms with Gasteiger partial charge in [0.15, 0.2) is 0 Å². The second-order valence-electron chi connectivity index (χ2n) is 3.88. The molecule has 0 aliphatic carbocycles. The Morgan fingerprint density at radius 1 is 1.12 bits per heavy atom. The fourth-order valence-corrected chi connectivity index (χ4v) is 4.27. The van der Waals surface area contributed by atoms with Crippen molar-refractivity contribution in [1.29, 1.82) is 0 Å². The van der Waals surface area contributed by atoms with Gasteiger partial charge in [0.2, 0.25) is 0 Å². The van der Waals surface area contributed by atoms with Gasteiger partial charge in [0.1, 0.15) is 0 Å². The highest BCUT2D eigenvalue weighted by Crippen LogP contribution is 2.26. The largest absolute Gasteiger partial charge is 0.248 e. The molecular weight excluding hydrogens is 265 g/mol. The zero-order valence-corrected chi connectivity index (χ0v) is 11.1. The highest BCUT2D eigenvalue weighted by atomic mass is 35.5. The molecule has 0 spiro atoms. The summed E-state index contributed by atoms with van der Waals surface area (Å²) in [4.78, 5) is 0.618. The summed E-state index contributed by atoms with van der Waals surface area (Å²) in [6, 6.07) is 4.99. The summed E-state index contributed by atoms with van der Waals surface area (Å²) in [7, 11) is -2.42. The van der Waals surface area contributed by atoms with Crippen LogP contribution in [-0.4, -0.2) is 27.5 Å². The molecule has 2 nitrogen and oxygen atoms in total. The van der Waals surface area contributed by atoms with Crippen molar-refractivity contribution in [3.63, 3.8) is 0 Å². The quantitative estimate of drug-likeness (QED) is 0.761. The Hall–Kier alpha value is -0.220. The molecule has 1 aromatic carbocycles. The van der Waals surface area contributed by atoms with Crippen molar-refractivity contribution in [2.45, 2.75) is 17.7 Å². The maximum absolute atomic E-state index is 12.6. The monoisotopic (exact) mass is 277 g/mol. The fourth-order valence-electron chi connectivity index (χ4n) is 1.84. The highest BCUT2D eigenvalue weighted by Gasteiger charge is 2.22. The second kappa shape index (κ2) is 4.57. The van der Waals surface area contributed by atoms with Gasteiger partial charge in [-0.25, -0.2) is 8.51 Å². The average molecular weight is 278 g/mol. The van der Waals surface area contributed by atoms with Gasteiger partial charge in [-0.3, -0.25) is 0 Å². The van der Waals surface area contributed by atoms with Crippen LogP contribution in [-0.2, 0) is 9.71 Å². The summed E-state index contributed by atoms with van der Waals surface area (Å²) < 4.78 is 14.5. The number of benzene rings is 1. The van der Waals surface area contributed by atoms with E-state index < -0.39 is 9.71 Å². The Morgan fingerprint density at radius 2 is 1.62 bits per heavy atom. The Morgan fingerprint density at radius 3 is 2.12 bits per heavy atom. The van der Waals surface area contributed by atoms with E-state index in [1.807, 2.05) is 4.31 Å². The van der Waals surface area contributed by atoms with E-state index in [1.165, 1.54) is 0 Å². The number of nitrogens with zero attached hydrogens (tertiary/aromatic N) is 1. The normalized spacial score (nSPS) is 20.9. The lowest BCUT2D eigenvalue weighted by Gasteiger charge is -2.21. The smallest absolute Gasteiger partial charge is 0.0559 e. The standard InChI is InChI=1S/C11H13Cl2NOS/c1-16(15,14-4-2-3-5-14)11-7-9(12)6-10(13)8-11/h6-8H,1-5H2. The summed E-state index contributed by atoms with van der Waals surface area (Å²) in [6.45, 7) is 1.65. The van der Waals surface area contributed by atoms with Crippen LogP contribution in [0.5, 0.6) is 0 Å². The van der Waals surface area contributed by atoms with Gasteiger partial charge in [-0.1, -0.05) is 23.2 Å². The molecule has 0 radical (unpaired) electrons. The van der Waals surface area contributed by atoms with E-state index >= 15 is 0 Å².